The fraction of sp³-hybridized carbons (Fsp3) is 0.111. The van der Waals surface area contributed by atoms with Crippen molar-refractivity contribution in [2.75, 3.05) is 5.73 Å². The van der Waals surface area contributed by atoms with Crippen molar-refractivity contribution in [1.82, 2.24) is 10.2 Å². The molecular formula is C9H7F2N3O. The third-order valence-electron chi connectivity index (χ3n) is 1.84. The molecule has 0 amide bonds. The molecule has 2 rings (SSSR count). The van der Waals surface area contributed by atoms with Gasteiger partial charge >= 0.3 is 0 Å². The van der Waals surface area contributed by atoms with Gasteiger partial charge < -0.3 is 10.2 Å². The first-order chi connectivity index (χ1) is 7.08. The van der Waals surface area contributed by atoms with Crippen LogP contribution < -0.4 is 5.73 Å². The highest BCUT2D eigenvalue weighted by Crippen LogP contribution is 2.25. The van der Waals surface area contributed by atoms with Gasteiger partial charge in [0.1, 0.15) is 11.6 Å². The maximum absolute atomic E-state index is 13.3. The molecule has 0 atom stereocenters. The number of aryl methyl sites for hydroxylation is 1. The van der Waals surface area contributed by atoms with Crippen LogP contribution in [0, 0.1) is 18.6 Å². The van der Waals surface area contributed by atoms with Crippen molar-refractivity contribution in [3.63, 3.8) is 0 Å². The maximum Gasteiger partial charge on any atom is 0.250 e. The SMILES string of the molecule is Cc1nnc(-c2cc(N)c(F)cc2F)o1. The first-order valence-corrected chi connectivity index (χ1v) is 4.13. The van der Waals surface area contributed by atoms with E-state index in [2.05, 4.69) is 10.2 Å². The van der Waals surface area contributed by atoms with Gasteiger partial charge in [0.05, 0.1) is 11.3 Å². The fourth-order valence-corrected chi connectivity index (χ4v) is 1.14. The molecular weight excluding hydrogens is 204 g/mol. The molecule has 0 aliphatic carbocycles. The van der Waals surface area contributed by atoms with Crippen LogP contribution in [-0.2, 0) is 0 Å². The van der Waals surface area contributed by atoms with Crippen LogP contribution in [-0.4, -0.2) is 10.2 Å². The van der Waals surface area contributed by atoms with Crippen molar-refractivity contribution >= 4 is 5.69 Å². The minimum atomic E-state index is -0.813. The van der Waals surface area contributed by atoms with E-state index in [0.29, 0.717) is 12.0 Å². The predicted molar refractivity (Wildman–Crippen MR) is 48.8 cm³/mol. The quantitative estimate of drug-likeness (QED) is 0.731. The number of nitrogens with zero attached hydrogens (tertiary/aromatic N) is 2. The number of halogens is 2. The van der Waals surface area contributed by atoms with E-state index in [9.17, 15) is 8.78 Å². The summed E-state index contributed by atoms with van der Waals surface area (Å²) in [5, 5.41) is 7.15. The normalized spacial score (nSPS) is 10.6. The number of aromatic nitrogens is 2. The van der Waals surface area contributed by atoms with Crippen LogP contribution >= 0.6 is 0 Å². The molecule has 6 heteroatoms. The van der Waals surface area contributed by atoms with Crippen LogP contribution in [0.1, 0.15) is 5.89 Å². The van der Waals surface area contributed by atoms with E-state index in [0.717, 1.165) is 6.07 Å². The molecule has 0 bridgehead atoms. The van der Waals surface area contributed by atoms with E-state index < -0.39 is 11.6 Å². The first kappa shape index (κ1) is 9.57. The van der Waals surface area contributed by atoms with Gasteiger partial charge in [-0.25, -0.2) is 8.78 Å². The minimum Gasteiger partial charge on any atom is -0.421 e. The second-order valence-electron chi connectivity index (χ2n) is 2.98. The lowest BCUT2D eigenvalue weighted by Gasteiger charge is -2.00. The van der Waals surface area contributed by atoms with Crippen LogP contribution in [0.5, 0.6) is 0 Å². The van der Waals surface area contributed by atoms with Crippen molar-refractivity contribution < 1.29 is 13.2 Å². The van der Waals surface area contributed by atoms with Crippen LogP contribution in [0.2, 0.25) is 0 Å². The summed E-state index contributed by atoms with van der Waals surface area (Å²) in [6.07, 6.45) is 0. The van der Waals surface area contributed by atoms with E-state index in [1.54, 1.807) is 6.92 Å². The summed E-state index contributed by atoms with van der Waals surface area (Å²) in [5.74, 6) is -1.32. The van der Waals surface area contributed by atoms with Gasteiger partial charge in [-0.3, -0.25) is 0 Å². The van der Waals surface area contributed by atoms with Crippen molar-refractivity contribution in [2.45, 2.75) is 6.92 Å². The zero-order valence-corrected chi connectivity index (χ0v) is 7.79. The highest BCUT2D eigenvalue weighted by Gasteiger charge is 2.14. The second-order valence-corrected chi connectivity index (χ2v) is 2.98. The monoisotopic (exact) mass is 211 g/mol. The first-order valence-electron chi connectivity index (χ1n) is 4.13. The number of nitrogen functional groups attached to an aromatic ring is 1. The Hall–Kier alpha value is -1.98. The largest absolute Gasteiger partial charge is 0.421 e. The summed E-state index contributed by atoms with van der Waals surface area (Å²) < 4.78 is 31.2. The summed E-state index contributed by atoms with van der Waals surface area (Å²) in [7, 11) is 0. The summed E-state index contributed by atoms with van der Waals surface area (Å²) in [5.41, 5.74) is 5.13. The van der Waals surface area contributed by atoms with Gasteiger partial charge in [0.15, 0.2) is 0 Å². The highest BCUT2D eigenvalue weighted by atomic mass is 19.1. The molecule has 0 aliphatic heterocycles. The Kier molecular flexibility index (Phi) is 2.11. The second kappa shape index (κ2) is 3.30. The lowest BCUT2D eigenvalue weighted by atomic mass is 10.2. The third kappa shape index (κ3) is 1.65. The number of rotatable bonds is 1. The molecule has 0 saturated carbocycles. The van der Waals surface area contributed by atoms with Gasteiger partial charge in [0.25, 0.3) is 5.89 Å². The van der Waals surface area contributed by atoms with Gasteiger partial charge in [0, 0.05) is 13.0 Å². The Morgan fingerprint density at radius 1 is 1.20 bits per heavy atom. The van der Waals surface area contributed by atoms with E-state index in [4.69, 9.17) is 10.2 Å². The topological polar surface area (TPSA) is 64.9 Å². The van der Waals surface area contributed by atoms with Crippen LogP contribution in [0.25, 0.3) is 11.5 Å². The highest BCUT2D eigenvalue weighted by molar-refractivity contribution is 5.60. The predicted octanol–water partition coefficient (Wildman–Crippen LogP) is 1.91. The Labute approximate surface area is 83.7 Å². The standard InChI is InChI=1S/C9H7F2N3O/c1-4-13-14-9(15-4)5-2-8(12)7(11)3-6(5)10/h2-3H,12H2,1H3. The number of nitrogens with two attached hydrogens (primary N) is 1. The van der Waals surface area contributed by atoms with E-state index >= 15 is 0 Å². The number of anilines is 1. The van der Waals surface area contributed by atoms with E-state index in [1.807, 2.05) is 0 Å². The molecule has 0 radical (unpaired) electrons. The Bertz CT molecular complexity index is 510. The number of hydrogen-bond donors (Lipinski definition) is 1. The summed E-state index contributed by atoms with van der Waals surface area (Å²) >= 11 is 0. The van der Waals surface area contributed by atoms with Gasteiger partial charge in [-0.1, -0.05) is 0 Å². The molecule has 0 unspecified atom stereocenters. The molecule has 15 heavy (non-hydrogen) atoms. The molecule has 2 N–H and O–H groups in total. The van der Waals surface area contributed by atoms with Gasteiger partial charge in [-0.05, 0) is 6.07 Å². The Balaban J connectivity index is 2.58. The van der Waals surface area contributed by atoms with Gasteiger partial charge in [0.2, 0.25) is 5.89 Å². The molecule has 1 heterocycles. The molecule has 1 aromatic carbocycles. The van der Waals surface area contributed by atoms with Gasteiger partial charge in [-0.2, -0.15) is 0 Å². The molecule has 78 valence electrons. The molecule has 2 aromatic rings. The molecule has 0 spiro atoms. The van der Waals surface area contributed by atoms with Crippen LogP contribution in [0.3, 0.4) is 0 Å². The Morgan fingerprint density at radius 3 is 2.53 bits per heavy atom. The smallest absolute Gasteiger partial charge is 0.250 e. The number of hydrogen-bond acceptors (Lipinski definition) is 4. The summed E-state index contributed by atoms with van der Waals surface area (Å²) in [4.78, 5) is 0. The van der Waals surface area contributed by atoms with E-state index in [1.165, 1.54) is 0 Å². The molecule has 0 fully saturated rings. The average Bonchev–Trinajstić information content (AvgIpc) is 2.58. The Morgan fingerprint density at radius 2 is 1.93 bits per heavy atom. The molecule has 1 aromatic heterocycles. The maximum atomic E-state index is 13.3. The lowest BCUT2D eigenvalue weighted by molar-refractivity contribution is 0.524. The number of benzene rings is 1. The van der Waals surface area contributed by atoms with Crippen LogP contribution in [0.4, 0.5) is 14.5 Å². The fourth-order valence-electron chi connectivity index (χ4n) is 1.14. The van der Waals surface area contributed by atoms with Crippen molar-refractivity contribution in [2.24, 2.45) is 0 Å². The lowest BCUT2D eigenvalue weighted by Crippen LogP contribution is -1.94. The molecule has 0 aliphatic rings. The summed E-state index contributed by atoms with van der Waals surface area (Å²) in [6, 6.07) is 1.81. The zero-order chi connectivity index (χ0) is 11.0. The molecule has 0 saturated heterocycles. The summed E-state index contributed by atoms with van der Waals surface area (Å²) in [6.45, 7) is 1.57. The zero-order valence-electron chi connectivity index (χ0n) is 7.79. The minimum absolute atomic E-state index is 0.00509. The van der Waals surface area contributed by atoms with E-state index in [-0.39, 0.29) is 17.1 Å². The van der Waals surface area contributed by atoms with Crippen molar-refractivity contribution in [1.29, 1.82) is 0 Å². The van der Waals surface area contributed by atoms with Crippen molar-refractivity contribution in [3.8, 4) is 11.5 Å². The van der Waals surface area contributed by atoms with Crippen molar-refractivity contribution in [3.05, 3.63) is 29.7 Å². The van der Waals surface area contributed by atoms with Crippen LogP contribution in [0.15, 0.2) is 16.5 Å². The van der Waals surface area contributed by atoms with Gasteiger partial charge in [-0.15, -0.1) is 10.2 Å². The third-order valence-corrected chi connectivity index (χ3v) is 1.84. The molecule has 4 nitrogen and oxygen atoms in total. The average molecular weight is 211 g/mol.